The summed E-state index contributed by atoms with van der Waals surface area (Å²) in [6.07, 6.45) is 0. The van der Waals surface area contributed by atoms with E-state index in [-0.39, 0.29) is 6.61 Å². The Kier molecular flexibility index (Phi) is 5.06. The number of hydrogen-bond acceptors (Lipinski definition) is 6. The van der Waals surface area contributed by atoms with Crippen molar-refractivity contribution in [2.75, 3.05) is 6.61 Å². The zero-order valence-corrected chi connectivity index (χ0v) is 6.77. The van der Waals surface area contributed by atoms with Crippen molar-refractivity contribution in [1.82, 2.24) is 0 Å². The zero-order valence-electron chi connectivity index (χ0n) is 5.95. The maximum absolute atomic E-state index is 12.4. The van der Waals surface area contributed by atoms with Crippen LogP contribution in [-0.4, -0.2) is 23.1 Å². The summed E-state index contributed by atoms with van der Waals surface area (Å²) in [5, 5.41) is 6.50. The van der Waals surface area contributed by atoms with Crippen molar-refractivity contribution < 1.29 is 32.9 Å². The molecule has 0 aliphatic heterocycles. The van der Waals surface area contributed by atoms with E-state index in [0.717, 1.165) is 0 Å². The van der Waals surface area contributed by atoms with E-state index >= 15 is 0 Å². The largest absolute Gasteiger partial charge is 0.461 e. The van der Waals surface area contributed by atoms with Crippen molar-refractivity contribution in [2.45, 2.75) is 12.2 Å². The minimum atomic E-state index is -3.89. The number of alkyl halides is 2. The Morgan fingerprint density at radius 2 is 2.25 bits per heavy atom. The molecule has 0 rings (SSSR count). The maximum atomic E-state index is 12.4. The highest BCUT2D eigenvalue weighted by molar-refractivity contribution is 7.96. The van der Waals surface area contributed by atoms with E-state index in [1.807, 2.05) is 0 Å². The molecule has 0 spiro atoms. The van der Waals surface area contributed by atoms with Gasteiger partial charge in [-0.15, -0.1) is 4.33 Å². The van der Waals surface area contributed by atoms with E-state index in [1.165, 1.54) is 6.92 Å². The highest BCUT2D eigenvalue weighted by Gasteiger charge is 2.43. The van der Waals surface area contributed by atoms with Gasteiger partial charge in [-0.25, -0.2) is 10.1 Å². The SMILES string of the molecule is CCOC(=O)C(F)(F)SOOO. The van der Waals surface area contributed by atoms with Crippen LogP contribution in [0.4, 0.5) is 8.78 Å². The molecule has 0 aliphatic rings. The molecule has 0 heterocycles. The molecule has 0 unspecified atom stereocenters. The van der Waals surface area contributed by atoms with Crippen LogP contribution in [0.2, 0.25) is 0 Å². The number of rotatable bonds is 5. The molecule has 1 N–H and O–H groups in total. The Hall–Kier alpha value is -0.440. The lowest BCUT2D eigenvalue weighted by Gasteiger charge is -2.10. The third kappa shape index (κ3) is 3.81. The monoisotopic (exact) mass is 204 g/mol. The molecule has 0 saturated heterocycles. The molecule has 0 aromatic carbocycles. The summed E-state index contributed by atoms with van der Waals surface area (Å²) < 4.78 is 32.1. The molecule has 72 valence electrons. The van der Waals surface area contributed by atoms with Gasteiger partial charge in [0, 0.05) is 0 Å². The van der Waals surface area contributed by atoms with Crippen molar-refractivity contribution in [3.63, 3.8) is 0 Å². The Labute approximate surface area is 70.7 Å². The summed E-state index contributed by atoms with van der Waals surface area (Å²) in [7, 11) is 0. The molecule has 5 nitrogen and oxygen atoms in total. The first-order chi connectivity index (χ1) is 5.54. The van der Waals surface area contributed by atoms with Crippen molar-refractivity contribution in [3.05, 3.63) is 0 Å². The summed E-state index contributed by atoms with van der Waals surface area (Å²) in [6.45, 7) is 1.21. The van der Waals surface area contributed by atoms with Gasteiger partial charge < -0.3 is 4.74 Å². The molecule has 0 saturated carbocycles. The van der Waals surface area contributed by atoms with Crippen LogP contribution in [-0.2, 0) is 18.9 Å². The van der Waals surface area contributed by atoms with Crippen molar-refractivity contribution >= 4 is 18.0 Å². The van der Waals surface area contributed by atoms with Crippen LogP contribution in [0, 0.1) is 0 Å². The number of carbonyl (C=O) groups is 1. The fourth-order valence-electron chi connectivity index (χ4n) is 0.307. The lowest BCUT2D eigenvalue weighted by molar-refractivity contribution is -0.433. The van der Waals surface area contributed by atoms with Crippen LogP contribution in [0.5, 0.6) is 0 Å². The van der Waals surface area contributed by atoms with Crippen LogP contribution in [0.3, 0.4) is 0 Å². The fourth-order valence-corrected chi connectivity index (χ4v) is 0.550. The first-order valence-corrected chi connectivity index (χ1v) is 3.49. The highest BCUT2D eigenvalue weighted by atomic mass is 32.2. The predicted molar refractivity (Wildman–Crippen MR) is 34.0 cm³/mol. The lowest BCUT2D eigenvalue weighted by Crippen LogP contribution is -2.27. The molecule has 0 radical (unpaired) electrons. The standard InChI is InChI=1S/C4H6F2O5S/c1-2-9-3(7)4(5,6)12-11-10-8/h8H,2H2,1H3. The second-order valence-electron chi connectivity index (χ2n) is 1.46. The number of halogens is 2. The smallest absolute Gasteiger partial charge is 0.415 e. The number of carbonyl (C=O) groups excluding carboxylic acids is 1. The van der Waals surface area contributed by atoms with Gasteiger partial charge in [0.1, 0.15) is 12.0 Å². The Balaban J connectivity index is 3.90. The van der Waals surface area contributed by atoms with E-state index in [0.29, 0.717) is 0 Å². The van der Waals surface area contributed by atoms with Gasteiger partial charge in [0.05, 0.1) is 6.61 Å². The summed E-state index contributed by atoms with van der Waals surface area (Å²) in [4.78, 5) is 10.4. The zero-order chi connectivity index (χ0) is 9.61. The Bertz CT molecular complexity index is 152. The molecule has 0 aromatic heterocycles. The number of hydrogen-bond donors (Lipinski definition) is 1. The van der Waals surface area contributed by atoms with Crippen LogP contribution in [0.15, 0.2) is 0 Å². The lowest BCUT2D eigenvalue weighted by atomic mass is 10.7. The molecular formula is C4H6F2O5S. The molecule has 0 fully saturated rings. The highest BCUT2D eigenvalue weighted by Crippen LogP contribution is 2.30. The predicted octanol–water partition coefficient (Wildman–Crippen LogP) is 1.21. The second-order valence-corrected chi connectivity index (χ2v) is 2.28. The van der Waals surface area contributed by atoms with Gasteiger partial charge in [0.15, 0.2) is 0 Å². The van der Waals surface area contributed by atoms with E-state index < -0.39 is 23.3 Å². The average Bonchev–Trinajstić information content (AvgIpc) is 2.01. The van der Waals surface area contributed by atoms with Crippen LogP contribution >= 0.6 is 12.0 Å². The molecule has 8 heteroatoms. The first-order valence-electron chi connectivity index (χ1n) is 2.75. The van der Waals surface area contributed by atoms with Crippen molar-refractivity contribution in [2.24, 2.45) is 0 Å². The summed E-state index contributed by atoms with van der Waals surface area (Å²) >= 11 is -0.653. The molecule has 0 bridgehead atoms. The average molecular weight is 204 g/mol. The van der Waals surface area contributed by atoms with Crippen molar-refractivity contribution in [3.8, 4) is 0 Å². The summed E-state index contributed by atoms with van der Waals surface area (Å²) in [5.74, 6) is -1.76. The molecule has 0 aromatic rings. The first kappa shape index (κ1) is 11.6. The topological polar surface area (TPSA) is 65.0 Å². The molecule has 0 aliphatic carbocycles. The summed E-state index contributed by atoms with van der Waals surface area (Å²) in [6, 6.07) is 0. The fraction of sp³-hybridized carbons (Fsp3) is 0.750. The molecular weight excluding hydrogens is 198 g/mol. The Morgan fingerprint density at radius 1 is 1.67 bits per heavy atom. The van der Waals surface area contributed by atoms with Crippen LogP contribution < -0.4 is 0 Å². The quantitative estimate of drug-likeness (QED) is 0.314. The van der Waals surface area contributed by atoms with Crippen LogP contribution in [0.1, 0.15) is 6.92 Å². The van der Waals surface area contributed by atoms with Crippen LogP contribution in [0.25, 0.3) is 0 Å². The molecule has 0 amide bonds. The van der Waals surface area contributed by atoms with E-state index in [1.54, 1.807) is 0 Å². The van der Waals surface area contributed by atoms with Gasteiger partial charge >= 0.3 is 11.2 Å². The Morgan fingerprint density at radius 3 is 2.67 bits per heavy atom. The summed E-state index contributed by atoms with van der Waals surface area (Å²) in [5.41, 5.74) is 0. The van der Waals surface area contributed by atoms with Gasteiger partial charge in [0.25, 0.3) is 0 Å². The van der Waals surface area contributed by atoms with Crippen molar-refractivity contribution in [1.29, 1.82) is 0 Å². The van der Waals surface area contributed by atoms with Gasteiger partial charge in [-0.1, -0.05) is 5.04 Å². The van der Waals surface area contributed by atoms with Gasteiger partial charge in [-0.3, -0.25) is 0 Å². The van der Waals surface area contributed by atoms with E-state index in [9.17, 15) is 13.6 Å². The third-order valence-corrected chi connectivity index (χ3v) is 1.19. The minimum absolute atomic E-state index is 0.172. The maximum Gasteiger partial charge on any atom is 0.415 e. The molecule has 0 atom stereocenters. The third-order valence-electron chi connectivity index (χ3n) is 0.682. The normalized spacial score (nSPS) is 11.3. The second kappa shape index (κ2) is 5.25. The minimum Gasteiger partial charge on any atom is -0.461 e. The number of ether oxygens (including phenoxy) is 1. The van der Waals surface area contributed by atoms with Gasteiger partial charge in [-0.05, 0) is 6.92 Å². The molecule has 12 heavy (non-hydrogen) atoms. The number of esters is 1. The van der Waals surface area contributed by atoms with E-state index in [4.69, 9.17) is 5.26 Å². The van der Waals surface area contributed by atoms with Gasteiger partial charge in [-0.2, -0.15) is 8.78 Å². The van der Waals surface area contributed by atoms with Gasteiger partial charge in [0.2, 0.25) is 0 Å². The van der Waals surface area contributed by atoms with E-state index in [2.05, 4.69) is 14.1 Å².